The first-order chi connectivity index (χ1) is 6.24. The minimum Gasteiger partial charge on any atom is -0.335 e. The molecule has 2 heteroatoms. The molecule has 0 N–H and O–H groups in total. The molecule has 0 aromatic rings. The molecule has 0 bridgehead atoms. The molecule has 0 aromatic carbocycles. The molecule has 1 heterocycles. The maximum absolute atomic E-state index is 11.5. The third-order valence-electron chi connectivity index (χ3n) is 2.18. The lowest BCUT2D eigenvalue weighted by Gasteiger charge is -2.27. The second-order valence-corrected chi connectivity index (χ2v) is 3.42. The summed E-state index contributed by atoms with van der Waals surface area (Å²) >= 11 is 0. The number of hydrogen-bond acceptors (Lipinski definition) is 1. The zero-order valence-corrected chi connectivity index (χ0v) is 8.25. The Morgan fingerprint density at radius 3 is 3.08 bits per heavy atom. The summed E-state index contributed by atoms with van der Waals surface area (Å²) in [7, 11) is 0. The molecule has 0 radical (unpaired) electrons. The zero-order chi connectivity index (χ0) is 9.68. The van der Waals surface area contributed by atoms with Crippen LogP contribution in [0.4, 0.5) is 0 Å². The highest BCUT2D eigenvalue weighted by Gasteiger charge is 2.15. The van der Waals surface area contributed by atoms with Gasteiger partial charge in [-0.05, 0) is 25.3 Å². The second kappa shape index (κ2) is 4.85. The van der Waals surface area contributed by atoms with E-state index in [0.717, 1.165) is 32.4 Å². The van der Waals surface area contributed by atoms with Crippen LogP contribution in [0, 0.1) is 0 Å². The number of carbonyl (C=O) groups is 1. The van der Waals surface area contributed by atoms with Crippen molar-refractivity contribution in [3.8, 4) is 0 Å². The van der Waals surface area contributed by atoms with Gasteiger partial charge in [0.15, 0.2) is 0 Å². The van der Waals surface area contributed by atoms with Gasteiger partial charge in [-0.3, -0.25) is 4.79 Å². The number of hydrogen-bond donors (Lipinski definition) is 0. The van der Waals surface area contributed by atoms with Crippen molar-refractivity contribution in [1.29, 1.82) is 0 Å². The standard InChI is InChI=1S/C11H17NO/c1-3-4-7-11(13)12-8-5-6-10(2)9-12/h4,7H,2-3,5-6,8-9H2,1H3/b7-4+. The first kappa shape index (κ1) is 10.0. The molecule has 0 aliphatic carbocycles. The van der Waals surface area contributed by atoms with Crippen molar-refractivity contribution in [2.24, 2.45) is 0 Å². The number of amides is 1. The first-order valence-corrected chi connectivity index (χ1v) is 4.86. The molecular formula is C11H17NO. The maximum Gasteiger partial charge on any atom is 0.246 e. The van der Waals surface area contributed by atoms with E-state index in [1.165, 1.54) is 5.57 Å². The monoisotopic (exact) mass is 179 g/mol. The lowest BCUT2D eigenvalue weighted by atomic mass is 10.1. The van der Waals surface area contributed by atoms with Gasteiger partial charge in [0, 0.05) is 13.1 Å². The summed E-state index contributed by atoms with van der Waals surface area (Å²) in [5.74, 6) is 0.128. The van der Waals surface area contributed by atoms with E-state index in [9.17, 15) is 4.79 Å². The molecule has 0 atom stereocenters. The SMILES string of the molecule is C=C1CCCN(C(=O)/C=C/CC)C1. The highest BCUT2D eigenvalue weighted by Crippen LogP contribution is 2.13. The summed E-state index contributed by atoms with van der Waals surface area (Å²) in [4.78, 5) is 13.4. The number of piperidine rings is 1. The van der Waals surface area contributed by atoms with Gasteiger partial charge in [0.05, 0.1) is 0 Å². The van der Waals surface area contributed by atoms with Crippen LogP contribution >= 0.6 is 0 Å². The van der Waals surface area contributed by atoms with E-state index in [-0.39, 0.29) is 5.91 Å². The lowest BCUT2D eigenvalue weighted by Crippen LogP contribution is -2.35. The van der Waals surface area contributed by atoms with Crippen molar-refractivity contribution in [2.45, 2.75) is 26.2 Å². The van der Waals surface area contributed by atoms with E-state index in [0.29, 0.717) is 0 Å². The van der Waals surface area contributed by atoms with Crippen LogP contribution < -0.4 is 0 Å². The second-order valence-electron chi connectivity index (χ2n) is 3.42. The summed E-state index contributed by atoms with van der Waals surface area (Å²) in [5.41, 5.74) is 1.17. The summed E-state index contributed by atoms with van der Waals surface area (Å²) < 4.78 is 0. The molecule has 1 fully saturated rings. The molecule has 1 rings (SSSR count). The minimum absolute atomic E-state index is 0.128. The molecule has 0 unspecified atom stereocenters. The van der Waals surface area contributed by atoms with Gasteiger partial charge >= 0.3 is 0 Å². The highest BCUT2D eigenvalue weighted by molar-refractivity contribution is 5.87. The van der Waals surface area contributed by atoms with E-state index in [4.69, 9.17) is 0 Å². The molecule has 1 aliphatic heterocycles. The Bertz CT molecular complexity index is 230. The third kappa shape index (κ3) is 3.05. The maximum atomic E-state index is 11.5. The summed E-state index contributed by atoms with van der Waals surface area (Å²) in [6.45, 7) is 7.56. The fraction of sp³-hybridized carbons (Fsp3) is 0.545. The number of allylic oxidation sites excluding steroid dienone is 1. The van der Waals surface area contributed by atoms with E-state index >= 15 is 0 Å². The lowest BCUT2D eigenvalue weighted by molar-refractivity contribution is -0.126. The Morgan fingerprint density at radius 2 is 2.46 bits per heavy atom. The smallest absolute Gasteiger partial charge is 0.246 e. The highest BCUT2D eigenvalue weighted by atomic mass is 16.2. The number of carbonyl (C=O) groups excluding carboxylic acids is 1. The van der Waals surface area contributed by atoms with Crippen LogP contribution in [0.1, 0.15) is 26.2 Å². The molecule has 1 aliphatic rings. The van der Waals surface area contributed by atoms with Gasteiger partial charge in [0.1, 0.15) is 0 Å². The van der Waals surface area contributed by atoms with Crippen molar-refractivity contribution in [3.05, 3.63) is 24.3 Å². The molecule has 0 aromatic heterocycles. The van der Waals surface area contributed by atoms with Gasteiger partial charge in [-0.2, -0.15) is 0 Å². The topological polar surface area (TPSA) is 20.3 Å². The normalized spacial score (nSPS) is 18.2. The molecule has 0 spiro atoms. The van der Waals surface area contributed by atoms with Crippen LogP contribution in [0.2, 0.25) is 0 Å². The van der Waals surface area contributed by atoms with Gasteiger partial charge < -0.3 is 4.90 Å². The van der Waals surface area contributed by atoms with Crippen LogP contribution in [-0.4, -0.2) is 23.9 Å². The van der Waals surface area contributed by atoms with E-state index in [2.05, 4.69) is 6.58 Å². The van der Waals surface area contributed by atoms with Crippen molar-refractivity contribution < 1.29 is 4.79 Å². The Labute approximate surface area is 79.9 Å². The van der Waals surface area contributed by atoms with Gasteiger partial charge in [-0.25, -0.2) is 0 Å². The van der Waals surface area contributed by atoms with Crippen LogP contribution in [0.3, 0.4) is 0 Å². The quantitative estimate of drug-likeness (QED) is 0.469. The van der Waals surface area contributed by atoms with E-state index in [1.807, 2.05) is 17.9 Å². The van der Waals surface area contributed by atoms with Crippen LogP contribution in [-0.2, 0) is 4.79 Å². The zero-order valence-electron chi connectivity index (χ0n) is 8.25. The Balaban J connectivity index is 2.46. The predicted molar refractivity (Wildman–Crippen MR) is 54.4 cm³/mol. The molecule has 0 saturated carbocycles. The van der Waals surface area contributed by atoms with Gasteiger partial charge in [-0.15, -0.1) is 0 Å². The predicted octanol–water partition coefficient (Wildman–Crippen LogP) is 2.13. The van der Waals surface area contributed by atoms with Crippen molar-refractivity contribution in [1.82, 2.24) is 4.90 Å². The largest absolute Gasteiger partial charge is 0.335 e. The van der Waals surface area contributed by atoms with Crippen LogP contribution in [0.15, 0.2) is 24.3 Å². The molecule has 1 saturated heterocycles. The van der Waals surface area contributed by atoms with Gasteiger partial charge in [0.2, 0.25) is 5.91 Å². The Kier molecular flexibility index (Phi) is 3.74. The fourth-order valence-corrected chi connectivity index (χ4v) is 1.46. The van der Waals surface area contributed by atoms with E-state index < -0.39 is 0 Å². The molecule has 72 valence electrons. The number of nitrogens with zero attached hydrogens (tertiary/aromatic N) is 1. The Morgan fingerprint density at radius 1 is 1.69 bits per heavy atom. The molecule has 2 nitrogen and oxygen atoms in total. The average molecular weight is 179 g/mol. The van der Waals surface area contributed by atoms with Gasteiger partial charge in [0.25, 0.3) is 0 Å². The van der Waals surface area contributed by atoms with Crippen LogP contribution in [0.5, 0.6) is 0 Å². The van der Waals surface area contributed by atoms with Crippen molar-refractivity contribution >= 4 is 5.91 Å². The Hall–Kier alpha value is -1.05. The minimum atomic E-state index is 0.128. The first-order valence-electron chi connectivity index (χ1n) is 4.86. The molecule has 1 amide bonds. The molecule has 13 heavy (non-hydrogen) atoms. The van der Waals surface area contributed by atoms with Crippen molar-refractivity contribution in [3.63, 3.8) is 0 Å². The van der Waals surface area contributed by atoms with E-state index in [1.54, 1.807) is 6.08 Å². The summed E-state index contributed by atoms with van der Waals surface area (Å²) in [6, 6.07) is 0. The third-order valence-corrected chi connectivity index (χ3v) is 2.18. The van der Waals surface area contributed by atoms with Gasteiger partial charge in [-0.1, -0.05) is 25.2 Å². The van der Waals surface area contributed by atoms with Crippen LogP contribution in [0.25, 0.3) is 0 Å². The summed E-state index contributed by atoms with van der Waals surface area (Å²) in [5, 5.41) is 0. The summed E-state index contributed by atoms with van der Waals surface area (Å²) in [6.07, 6.45) is 6.62. The van der Waals surface area contributed by atoms with Crippen molar-refractivity contribution in [2.75, 3.05) is 13.1 Å². The molecular weight excluding hydrogens is 162 g/mol. The average Bonchev–Trinajstić information content (AvgIpc) is 2.14. The fourth-order valence-electron chi connectivity index (χ4n) is 1.46. The number of rotatable bonds is 2. The number of likely N-dealkylation sites (tertiary alicyclic amines) is 1.